The van der Waals surface area contributed by atoms with Gasteiger partial charge in [-0.05, 0) is 38.9 Å². The number of hydrogen-bond donors (Lipinski definition) is 2. The molecule has 0 aliphatic carbocycles. The predicted octanol–water partition coefficient (Wildman–Crippen LogP) is -0.394. The summed E-state index contributed by atoms with van der Waals surface area (Å²) in [5.41, 5.74) is 5.41. The van der Waals surface area contributed by atoms with Gasteiger partial charge in [0.25, 0.3) is 0 Å². The Kier molecular flexibility index (Phi) is 5.53. The van der Waals surface area contributed by atoms with Gasteiger partial charge in [-0.15, -0.1) is 0 Å². The highest BCUT2D eigenvalue weighted by Gasteiger charge is 2.16. The van der Waals surface area contributed by atoms with Crippen LogP contribution in [0.1, 0.15) is 19.3 Å². The molecule has 1 aromatic heterocycles. The third-order valence-corrected chi connectivity index (χ3v) is 4.84. The first-order valence-electron chi connectivity index (χ1n) is 7.06. The zero-order valence-corrected chi connectivity index (χ0v) is 12.5. The van der Waals surface area contributed by atoms with E-state index < -0.39 is 10.0 Å². The highest BCUT2D eigenvalue weighted by Crippen LogP contribution is 2.08. The largest absolute Gasteiger partial charge is 0.329 e. The monoisotopic (exact) mass is 301 g/mol. The van der Waals surface area contributed by atoms with Gasteiger partial charge in [0.2, 0.25) is 10.0 Å². The van der Waals surface area contributed by atoms with Gasteiger partial charge < -0.3 is 10.6 Å². The van der Waals surface area contributed by atoms with E-state index in [4.69, 9.17) is 5.73 Å². The molecule has 114 valence electrons. The van der Waals surface area contributed by atoms with Gasteiger partial charge in [0, 0.05) is 19.3 Å². The van der Waals surface area contributed by atoms with Crippen LogP contribution in [0.5, 0.6) is 0 Å². The molecule has 0 radical (unpaired) electrons. The van der Waals surface area contributed by atoms with Crippen LogP contribution >= 0.6 is 0 Å². The molecule has 0 spiro atoms. The first-order valence-corrected chi connectivity index (χ1v) is 8.55. The quantitative estimate of drug-likeness (QED) is 0.638. The number of rotatable bonds is 8. The lowest BCUT2D eigenvalue weighted by Gasteiger charge is -2.14. The van der Waals surface area contributed by atoms with E-state index in [1.54, 1.807) is 4.68 Å². The molecule has 2 rings (SSSR count). The van der Waals surface area contributed by atoms with Crippen molar-refractivity contribution in [3.05, 3.63) is 12.4 Å². The van der Waals surface area contributed by atoms with Crippen molar-refractivity contribution in [2.45, 2.75) is 30.7 Å². The molecule has 1 fully saturated rings. The zero-order valence-electron chi connectivity index (χ0n) is 11.7. The molecule has 0 aromatic carbocycles. The van der Waals surface area contributed by atoms with Crippen LogP contribution < -0.4 is 10.5 Å². The molecule has 0 amide bonds. The van der Waals surface area contributed by atoms with Crippen molar-refractivity contribution in [3.8, 4) is 0 Å². The van der Waals surface area contributed by atoms with Crippen LogP contribution in [-0.2, 0) is 16.6 Å². The molecule has 1 aromatic rings. The SMILES string of the molecule is NCCn1cc(S(=O)(=O)NCCCN2CCCC2)cn1. The van der Waals surface area contributed by atoms with Crippen molar-refractivity contribution in [1.82, 2.24) is 19.4 Å². The Morgan fingerprint density at radius 1 is 1.30 bits per heavy atom. The fraction of sp³-hybridized carbons (Fsp3) is 0.750. The van der Waals surface area contributed by atoms with Crippen molar-refractivity contribution in [2.75, 3.05) is 32.7 Å². The average molecular weight is 301 g/mol. The van der Waals surface area contributed by atoms with Crippen LogP contribution in [-0.4, -0.2) is 55.8 Å². The van der Waals surface area contributed by atoms with Crippen molar-refractivity contribution >= 4 is 10.0 Å². The molecule has 1 aliphatic heterocycles. The Hall–Kier alpha value is -0.960. The minimum Gasteiger partial charge on any atom is -0.329 e. The van der Waals surface area contributed by atoms with Crippen LogP contribution in [0.15, 0.2) is 17.3 Å². The third-order valence-electron chi connectivity index (χ3n) is 3.42. The third kappa shape index (κ3) is 4.27. The normalized spacial score (nSPS) is 16.9. The van der Waals surface area contributed by atoms with E-state index in [-0.39, 0.29) is 4.90 Å². The molecule has 8 heteroatoms. The van der Waals surface area contributed by atoms with Crippen molar-refractivity contribution in [1.29, 1.82) is 0 Å². The standard InChI is InChI=1S/C12H23N5O2S/c13-4-9-17-11-12(10-14-17)20(18,19)15-5-3-8-16-6-1-2-7-16/h10-11,15H,1-9,13H2. The Bertz CT molecular complexity index is 508. The average Bonchev–Trinajstić information content (AvgIpc) is 3.06. The van der Waals surface area contributed by atoms with Crippen LogP contribution in [0.25, 0.3) is 0 Å². The number of aromatic nitrogens is 2. The number of nitrogens with two attached hydrogens (primary N) is 1. The second-order valence-electron chi connectivity index (χ2n) is 5.03. The minimum atomic E-state index is -3.45. The van der Waals surface area contributed by atoms with Crippen LogP contribution in [0, 0.1) is 0 Å². The molecule has 0 atom stereocenters. The van der Waals surface area contributed by atoms with Crippen LogP contribution in [0.2, 0.25) is 0 Å². The zero-order chi connectivity index (χ0) is 14.4. The summed E-state index contributed by atoms with van der Waals surface area (Å²) in [6.45, 7) is 4.64. The molecular formula is C12H23N5O2S. The van der Waals surface area contributed by atoms with Gasteiger partial charge in [-0.3, -0.25) is 4.68 Å². The second-order valence-corrected chi connectivity index (χ2v) is 6.79. The molecule has 0 unspecified atom stereocenters. The van der Waals surface area contributed by atoms with Gasteiger partial charge in [-0.2, -0.15) is 5.10 Å². The summed E-state index contributed by atoms with van der Waals surface area (Å²) in [7, 11) is -3.45. The summed E-state index contributed by atoms with van der Waals surface area (Å²) in [6.07, 6.45) is 6.21. The maximum Gasteiger partial charge on any atom is 0.243 e. The van der Waals surface area contributed by atoms with Gasteiger partial charge in [0.05, 0.1) is 12.7 Å². The van der Waals surface area contributed by atoms with E-state index in [9.17, 15) is 8.42 Å². The fourth-order valence-electron chi connectivity index (χ4n) is 2.34. The highest BCUT2D eigenvalue weighted by atomic mass is 32.2. The summed E-state index contributed by atoms with van der Waals surface area (Å²) in [6, 6.07) is 0. The molecule has 20 heavy (non-hydrogen) atoms. The van der Waals surface area contributed by atoms with E-state index in [2.05, 4.69) is 14.7 Å². The molecule has 0 bridgehead atoms. The van der Waals surface area contributed by atoms with Crippen molar-refractivity contribution in [3.63, 3.8) is 0 Å². The summed E-state index contributed by atoms with van der Waals surface area (Å²) >= 11 is 0. The Labute approximate surface area is 120 Å². The molecule has 1 aliphatic rings. The summed E-state index contributed by atoms with van der Waals surface area (Å²) in [4.78, 5) is 2.57. The Morgan fingerprint density at radius 2 is 2.05 bits per heavy atom. The molecule has 7 nitrogen and oxygen atoms in total. The van der Waals surface area contributed by atoms with E-state index in [0.717, 1.165) is 26.1 Å². The second kappa shape index (κ2) is 7.16. The fourth-order valence-corrected chi connectivity index (χ4v) is 3.36. The number of likely N-dealkylation sites (tertiary alicyclic amines) is 1. The molecule has 3 N–H and O–H groups in total. The number of nitrogens with zero attached hydrogens (tertiary/aromatic N) is 3. The minimum absolute atomic E-state index is 0.201. The van der Waals surface area contributed by atoms with E-state index in [1.807, 2.05) is 0 Å². The van der Waals surface area contributed by atoms with Gasteiger partial charge in [0.1, 0.15) is 4.90 Å². The molecule has 0 saturated carbocycles. The van der Waals surface area contributed by atoms with E-state index in [0.29, 0.717) is 19.6 Å². The first kappa shape index (κ1) is 15.4. The summed E-state index contributed by atoms with van der Waals surface area (Å²) < 4.78 is 28.2. The van der Waals surface area contributed by atoms with Gasteiger partial charge in [0.15, 0.2) is 0 Å². The van der Waals surface area contributed by atoms with Gasteiger partial charge >= 0.3 is 0 Å². The number of hydrogen-bond acceptors (Lipinski definition) is 5. The lowest BCUT2D eigenvalue weighted by atomic mass is 10.4. The molecule has 2 heterocycles. The number of nitrogens with one attached hydrogen (secondary N) is 1. The molecular weight excluding hydrogens is 278 g/mol. The Morgan fingerprint density at radius 3 is 2.75 bits per heavy atom. The van der Waals surface area contributed by atoms with Crippen LogP contribution in [0.4, 0.5) is 0 Å². The summed E-state index contributed by atoms with van der Waals surface area (Å²) in [5.74, 6) is 0. The highest BCUT2D eigenvalue weighted by molar-refractivity contribution is 7.89. The van der Waals surface area contributed by atoms with Gasteiger partial charge in [-0.1, -0.05) is 0 Å². The first-order chi connectivity index (χ1) is 9.62. The van der Waals surface area contributed by atoms with E-state index >= 15 is 0 Å². The van der Waals surface area contributed by atoms with Crippen molar-refractivity contribution < 1.29 is 8.42 Å². The number of sulfonamides is 1. The molecule has 1 saturated heterocycles. The summed E-state index contributed by atoms with van der Waals surface area (Å²) in [5, 5.41) is 3.97. The van der Waals surface area contributed by atoms with E-state index in [1.165, 1.54) is 25.2 Å². The topological polar surface area (TPSA) is 93.2 Å². The smallest absolute Gasteiger partial charge is 0.243 e. The lowest BCUT2D eigenvalue weighted by molar-refractivity contribution is 0.334. The predicted molar refractivity (Wildman–Crippen MR) is 76.8 cm³/mol. The Balaban J connectivity index is 1.77. The maximum atomic E-state index is 12.0. The van der Waals surface area contributed by atoms with Gasteiger partial charge in [-0.25, -0.2) is 13.1 Å². The lowest BCUT2D eigenvalue weighted by Crippen LogP contribution is -2.28. The van der Waals surface area contributed by atoms with Crippen LogP contribution in [0.3, 0.4) is 0 Å². The van der Waals surface area contributed by atoms with Crippen molar-refractivity contribution in [2.24, 2.45) is 5.73 Å². The maximum absolute atomic E-state index is 12.0.